The molecule has 1 saturated carbocycles. The molecule has 118 valence electrons. The van der Waals surface area contributed by atoms with E-state index in [0.29, 0.717) is 18.0 Å². The van der Waals surface area contributed by atoms with Crippen LogP contribution in [0.15, 0.2) is 18.2 Å². The Morgan fingerprint density at radius 3 is 2.77 bits per heavy atom. The lowest BCUT2D eigenvalue weighted by Crippen LogP contribution is -2.52. The number of hydrogen-bond donors (Lipinski definition) is 1. The molecule has 1 aliphatic heterocycles. The number of carbonyl (C=O) groups excluding carboxylic acids is 2. The average molecular weight is 304 g/mol. The fourth-order valence-electron chi connectivity index (χ4n) is 4.00. The van der Waals surface area contributed by atoms with Crippen LogP contribution in [-0.4, -0.2) is 29.3 Å². The van der Waals surface area contributed by atoms with Crippen LogP contribution < -0.4 is 5.73 Å². The Hall–Kier alpha value is -1.91. The largest absolute Gasteiger partial charge is 0.369 e. The molecule has 2 aliphatic rings. The lowest BCUT2D eigenvalue weighted by molar-refractivity contribution is -0.124. The maximum absolute atomic E-state index is 14.1. The molecular weight excluding hydrogens is 283 g/mol. The number of fused-ring (bicyclic) bond motifs is 1. The molecule has 22 heavy (non-hydrogen) atoms. The van der Waals surface area contributed by atoms with Gasteiger partial charge in [0.05, 0.1) is 11.5 Å². The number of likely N-dealkylation sites (tertiary alicyclic amines) is 1. The first-order valence-electron chi connectivity index (χ1n) is 7.84. The molecule has 1 aromatic carbocycles. The Morgan fingerprint density at radius 2 is 2.09 bits per heavy atom. The first-order valence-corrected chi connectivity index (χ1v) is 7.84. The minimum atomic E-state index is -0.499. The lowest BCUT2D eigenvalue weighted by Gasteiger charge is -2.41. The highest BCUT2D eigenvalue weighted by Gasteiger charge is 2.43. The predicted octanol–water partition coefficient (Wildman–Crippen LogP) is 2.25. The van der Waals surface area contributed by atoms with Crippen molar-refractivity contribution in [3.63, 3.8) is 0 Å². The van der Waals surface area contributed by atoms with Crippen LogP contribution in [0.1, 0.15) is 41.6 Å². The van der Waals surface area contributed by atoms with Crippen LogP contribution in [0.5, 0.6) is 0 Å². The second-order valence-electron chi connectivity index (χ2n) is 6.48. The Morgan fingerprint density at radius 1 is 1.32 bits per heavy atom. The highest BCUT2D eigenvalue weighted by atomic mass is 19.1. The number of rotatable bonds is 2. The zero-order valence-electron chi connectivity index (χ0n) is 12.7. The van der Waals surface area contributed by atoms with Gasteiger partial charge in [-0.15, -0.1) is 0 Å². The van der Waals surface area contributed by atoms with Crippen LogP contribution in [0.4, 0.5) is 4.39 Å². The van der Waals surface area contributed by atoms with Gasteiger partial charge in [-0.1, -0.05) is 18.6 Å². The summed E-state index contributed by atoms with van der Waals surface area (Å²) in [5.41, 5.74) is 6.21. The molecule has 3 atom stereocenters. The summed E-state index contributed by atoms with van der Waals surface area (Å²) in [4.78, 5) is 26.2. The van der Waals surface area contributed by atoms with Crippen LogP contribution >= 0.6 is 0 Å². The van der Waals surface area contributed by atoms with Gasteiger partial charge in [-0.05, 0) is 43.7 Å². The molecular formula is C17H21FN2O2. The molecule has 0 spiro atoms. The molecule has 0 bridgehead atoms. The summed E-state index contributed by atoms with van der Waals surface area (Å²) in [7, 11) is 0. The van der Waals surface area contributed by atoms with Gasteiger partial charge in [0.2, 0.25) is 5.91 Å². The summed E-state index contributed by atoms with van der Waals surface area (Å²) in [6, 6.07) is 4.75. The second kappa shape index (κ2) is 5.71. The lowest BCUT2D eigenvalue weighted by atomic mass is 9.84. The maximum Gasteiger partial charge on any atom is 0.257 e. The Labute approximate surface area is 129 Å². The van der Waals surface area contributed by atoms with Crippen molar-refractivity contribution < 1.29 is 14.0 Å². The normalized spacial score (nSPS) is 27.5. The number of aryl methyl sites for hydroxylation is 1. The maximum atomic E-state index is 14.1. The Kier molecular flexibility index (Phi) is 3.89. The zero-order chi connectivity index (χ0) is 15.9. The average Bonchev–Trinajstić information content (AvgIpc) is 2.94. The topological polar surface area (TPSA) is 63.4 Å². The molecule has 2 fully saturated rings. The minimum absolute atomic E-state index is 0.113. The summed E-state index contributed by atoms with van der Waals surface area (Å²) in [5, 5.41) is 0. The molecule has 0 radical (unpaired) electrons. The predicted molar refractivity (Wildman–Crippen MR) is 80.6 cm³/mol. The van der Waals surface area contributed by atoms with E-state index < -0.39 is 5.82 Å². The third-order valence-corrected chi connectivity index (χ3v) is 5.12. The molecule has 2 N–H and O–H groups in total. The third-order valence-electron chi connectivity index (χ3n) is 5.12. The quantitative estimate of drug-likeness (QED) is 0.911. The highest BCUT2D eigenvalue weighted by molar-refractivity contribution is 5.96. The van der Waals surface area contributed by atoms with E-state index in [2.05, 4.69) is 0 Å². The van der Waals surface area contributed by atoms with Crippen molar-refractivity contribution in [2.75, 3.05) is 6.54 Å². The molecule has 1 saturated heterocycles. The number of benzene rings is 1. The van der Waals surface area contributed by atoms with Crippen LogP contribution in [0.2, 0.25) is 0 Å². The van der Waals surface area contributed by atoms with Crippen molar-refractivity contribution in [3.05, 3.63) is 35.1 Å². The van der Waals surface area contributed by atoms with Gasteiger partial charge < -0.3 is 10.6 Å². The molecule has 5 heteroatoms. The van der Waals surface area contributed by atoms with Gasteiger partial charge in [-0.3, -0.25) is 9.59 Å². The van der Waals surface area contributed by atoms with Crippen molar-refractivity contribution in [1.29, 1.82) is 0 Å². The fourth-order valence-corrected chi connectivity index (χ4v) is 4.00. The van der Waals surface area contributed by atoms with Gasteiger partial charge in [0.15, 0.2) is 0 Å². The monoisotopic (exact) mass is 304 g/mol. The Balaban J connectivity index is 1.94. The van der Waals surface area contributed by atoms with Crippen molar-refractivity contribution in [1.82, 2.24) is 4.90 Å². The molecule has 1 aliphatic carbocycles. The number of nitrogens with two attached hydrogens (primary N) is 1. The smallest absolute Gasteiger partial charge is 0.257 e. The summed E-state index contributed by atoms with van der Waals surface area (Å²) >= 11 is 0. The van der Waals surface area contributed by atoms with E-state index in [-0.39, 0.29) is 29.3 Å². The third kappa shape index (κ3) is 2.49. The first-order chi connectivity index (χ1) is 10.5. The molecule has 2 amide bonds. The summed E-state index contributed by atoms with van der Waals surface area (Å²) in [5.74, 6) is -1.19. The van der Waals surface area contributed by atoms with E-state index in [1.807, 2.05) is 0 Å². The number of carbonyl (C=O) groups is 2. The van der Waals surface area contributed by atoms with Gasteiger partial charge in [-0.2, -0.15) is 0 Å². The standard InChI is InChI=1S/C17H21FN2O2/c1-10-4-2-6-13(18)15(10)17(22)20-9-12(16(19)21)8-11-5-3-7-14(11)20/h2,4,6,11-12,14H,3,5,7-9H2,1H3,(H2,19,21). The first kappa shape index (κ1) is 15.0. The minimum Gasteiger partial charge on any atom is -0.369 e. The number of amides is 2. The van der Waals surface area contributed by atoms with E-state index in [1.165, 1.54) is 6.07 Å². The molecule has 4 nitrogen and oxygen atoms in total. The van der Waals surface area contributed by atoms with Crippen LogP contribution in [0.25, 0.3) is 0 Å². The van der Waals surface area contributed by atoms with E-state index in [4.69, 9.17) is 5.73 Å². The summed E-state index contributed by atoms with van der Waals surface area (Å²) in [6.45, 7) is 2.04. The van der Waals surface area contributed by atoms with Gasteiger partial charge in [0, 0.05) is 12.6 Å². The number of piperidine rings is 1. The number of halogens is 1. The SMILES string of the molecule is Cc1cccc(F)c1C(=O)N1CC(C(N)=O)CC2CCCC21. The molecule has 1 aromatic rings. The van der Waals surface area contributed by atoms with Gasteiger partial charge in [0.1, 0.15) is 5.82 Å². The summed E-state index contributed by atoms with van der Waals surface area (Å²) in [6.07, 6.45) is 3.73. The van der Waals surface area contributed by atoms with Crippen LogP contribution in [-0.2, 0) is 4.79 Å². The van der Waals surface area contributed by atoms with Gasteiger partial charge >= 0.3 is 0 Å². The van der Waals surface area contributed by atoms with Crippen molar-refractivity contribution in [2.24, 2.45) is 17.6 Å². The fraction of sp³-hybridized carbons (Fsp3) is 0.529. The van der Waals surface area contributed by atoms with E-state index in [0.717, 1.165) is 25.7 Å². The van der Waals surface area contributed by atoms with E-state index in [9.17, 15) is 14.0 Å². The number of hydrogen-bond acceptors (Lipinski definition) is 2. The van der Waals surface area contributed by atoms with Crippen LogP contribution in [0.3, 0.4) is 0 Å². The van der Waals surface area contributed by atoms with Crippen molar-refractivity contribution in [3.8, 4) is 0 Å². The van der Waals surface area contributed by atoms with Crippen LogP contribution in [0, 0.1) is 24.6 Å². The van der Waals surface area contributed by atoms with Gasteiger partial charge in [0.25, 0.3) is 5.91 Å². The molecule has 3 rings (SSSR count). The summed E-state index contributed by atoms with van der Waals surface area (Å²) < 4.78 is 14.1. The molecule has 0 aromatic heterocycles. The molecule has 3 unspecified atom stereocenters. The highest BCUT2D eigenvalue weighted by Crippen LogP contribution is 2.39. The number of primary amides is 1. The number of nitrogens with zero attached hydrogens (tertiary/aromatic N) is 1. The Bertz CT molecular complexity index is 596. The van der Waals surface area contributed by atoms with Crippen molar-refractivity contribution >= 4 is 11.8 Å². The van der Waals surface area contributed by atoms with Gasteiger partial charge in [-0.25, -0.2) is 4.39 Å². The second-order valence-corrected chi connectivity index (χ2v) is 6.48. The van der Waals surface area contributed by atoms with E-state index in [1.54, 1.807) is 24.0 Å². The van der Waals surface area contributed by atoms with Crippen molar-refractivity contribution in [2.45, 2.75) is 38.6 Å². The molecule has 1 heterocycles. The zero-order valence-corrected chi connectivity index (χ0v) is 12.7. The van der Waals surface area contributed by atoms with E-state index >= 15 is 0 Å².